The summed E-state index contributed by atoms with van der Waals surface area (Å²) in [6.07, 6.45) is 2.15. The van der Waals surface area contributed by atoms with Gasteiger partial charge in [0.05, 0.1) is 14.2 Å². The molecule has 0 aromatic heterocycles. The van der Waals surface area contributed by atoms with Crippen LogP contribution >= 0.6 is 15.9 Å². The zero-order valence-corrected chi connectivity index (χ0v) is 14.7. The first-order valence-electron chi connectivity index (χ1n) is 6.99. The second kappa shape index (κ2) is 8.27. The lowest BCUT2D eigenvalue weighted by atomic mass is 9.88. The number of alkyl halides is 1. The van der Waals surface area contributed by atoms with Crippen LogP contribution in [0.25, 0.3) is 0 Å². The van der Waals surface area contributed by atoms with Gasteiger partial charge in [0.15, 0.2) is 0 Å². The Kier molecular flexibility index (Phi) is 7.02. The van der Waals surface area contributed by atoms with E-state index >= 15 is 0 Å². The van der Waals surface area contributed by atoms with Gasteiger partial charge >= 0.3 is 0 Å². The van der Waals surface area contributed by atoms with Gasteiger partial charge in [0.1, 0.15) is 11.5 Å². The molecule has 0 aliphatic rings. The van der Waals surface area contributed by atoms with Crippen LogP contribution in [0, 0.1) is 5.41 Å². The maximum atomic E-state index is 12.3. The molecule has 0 spiro atoms. The molecule has 0 unspecified atom stereocenters. The minimum Gasteiger partial charge on any atom is -0.497 e. The Balaban J connectivity index is 2.71. The van der Waals surface area contributed by atoms with Crippen LogP contribution in [0.15, 0.2) is 18.2 Å². The van der Waals surface area contributed by atoms with Crippen molar-refractivity contribution >= 4 is 21.8 Å². The zero-order chi connectivity index (χ0) is 15.9. The van der Waals surface area contributed by atoms with Gasteiger partial charge in [-0.15, -0.1) is 0 Å². The highest BCUT2D eigenvalue weighted by atomic mass is 79.9. The summed E-state index contributed by atoms with van der Waals surface area (Å²) in [4.78, 5) is 12.3. The summed E-state index contributed by atoms with van der Waals surface area (Å²) in [5.74, 6) is 1.11. The van der Waals surface area contributed by atoms with Crippen molar-refractivity contribution in [2.45, 2.75) is 26.7 Å². The largest absolute Gasteiger partial charge is 0.497 e. The van der Waals surface area contributed by atoms with Crippen molar-refractivity contribution in [2.75, 3.05) is 26.1 Å². The number of benzene rings is 1. The number of hydrogen-bond acceptors (Lipinski definition) is 3. The topological polar surface area (TPSA) is 47.6 Å². The predicted octanol–water partition coefficient (Wildman–Crippen LogP) is 3.63. The van der Waals surface area contributed by atoms with E-state index in [2.05, 4.69) is 35.1 Å². The molecule has 1 rings (SSSR count). The molecular formula is C16H24BrNO3. The highest BCUT2D eigenvalue weighted by molar-refractivity contribution is 9.09. The van der Waals surface area contributed by atoms with E-state index in [0.717, 1.165) is 18.2 Å². The summed E-state index contributed by atoms with van der Waals surface area (Å²) in [6, 6.07) is 5.17. The fourth-order valence-corrected chi connectivity index (χ4v) is 2.27. The van der Waals surface area contributed by atoms with Crippen LogP contribution < -0.4 is 14.8 Å². The molecule has 0 saturated heterocycles. The Labute approximate surface area is 135 Å². The Morgan fingerprint density at radius 2 is 1.76 bits per heavy atom. The van der Waals surface area contributed by atoms with E-state index in [1.54, 1.807) is 32.4 Å². The minimum atomic E-state index is -0.112. The second-order valence-corrected chi connectivity index (χ2v) is 6.53. The number of carbonyl (C=O) groups is 1. The van der Waals surface area contributed by atoms with E-state index in [9.17, 15) is 4.79 Å². The molecule has 118 valence electrons. The van der Waals surface area contributed by atoms with Gasteiger partial charge in [-0.25, -0.2) is 0 Å². The molecule has 0 saturated carbocycles. The van der Waals surface area contributed by atoms with E-state index < -0.39 is 0 Å². The fraction of sp³-hybridized carbons (Fsp3) is 0.562. The van der Waals surface area contributed by atoms with E-state index in [1.807, 2.05) is 0 Å². The highest BCUT2D eigenvalue weighted by Gasteiger charge is 2.19. The monoisotopic (exact) mass is 357 g/mol. The molecule has 0 aliphatic carbocycles. The maximum Gasteiger partial charge on any atom is 0.251 e. The molecule has 4 nitrogen and oxygen atoms in total. The quantitative estimate of drug-likeness (QED) is 0.722. The lowest BCUT2D eigenvalue weighted by molar-refractivity contribution is 0.0934. The standard InChI is InChI=1S/C16H24BrNO3/c1-16(2,6-5-7-17)11-18-15(19)12-8-13(20-3)10-14(9-12)21-4/h8-10H,5-7,11H2,1-4H3,(H,18,19). The summed E-state index contributed by atoms with van der Waals surface area (Å²) in [7, 11) is 3.14. The number of nitrogens with one attached hydrogen (secondary N) is 1. The molecule has 1 N–H and O–H groups in total. The van der Waals surface area contributed by atoms with E-state index in [4.69, 9.17) is 9.47 Å². The smallest absolute Gasteiger partial charge is 0.251 e. The average Bonchev–Trinajstić information content (AvgIpc) is 2.50. The Morgan fingerprint density at radius 1 is 1.19 bits per heavy atom. The third kappa shape index (κ3) is 5.96. The summed E-state index contributed by atoms with van der Waals surface area (Å²) in [5.41, 5.74) is 0.620. The van der Waals surface area contributed by atoms with Gasteiger partial charge in [-0.2, -0.15) is 0 Å². The molecule has 0 radical (unpaired) electrons. The zero-order valence-electron chi connectivity index (χ0n) is 13.2. The van der Waals surface area contributed by atoms with E-state index in [1.165, 1.54) is 0 Å². The fourth-order valence-electron chi connectivity index (χ4n) is 1.99. The van der Waals surface area contributed by atoms with Gasteiger partial charge in [-0.3, -0.25) is 4.79 Å². The van der Waals surface area contributed by atoms with Crippen LogP contribution in [-0.2, 0) is 0 Å². The van der Waals surface area contributed by atoms with E-state index in [0.29, 0.717) is 23.6 Å². The average molecular weight is 358 g/mol. The summed E-state index contributed by atoms with van der Waals surface area (Å²) in [6.45, 7) is 4.95. The summed E-state index contributed by atoms with van der Waals surface area (Å²) >= 11 is 3.44. The Morgan fingerprint density at radius 3 is 2.24 bits per heavy atom. The number of methoxy groups -OCH3 is 2. The molecular weight excluding hydrogens is 334 g/mol. The molecule has 0 aliphatic heterocycles. The summed E-state index contributed by atoms with van der Waals surface area (Å²) in [5, 5.41) is 3.97. The molecule has 0 heterocycles. The number of carbonyl (C=O) groups excluding carboxylic acids is 1. The van der Waals surface area contributed by atoms with Gasteiger partial charge in [-0.1, -0.05) is 29.8 Å². The van der Waals surface area contributed by atoms with Crippen molar-refractivity contribution < 1.29 is 14.3 Å². The predicted molar refractivity (Wildman–Crippen MR) is 88.7 cm³/mol. The van der Waals surface area contributed by atoms with Gasteiger partial charge < -0.3 is 14.8 Å². The number of hydrogen-bond donors (Lipinski definition) is 1. The molecule has 1 aromatic carbocycles. The van der Waals surface area contributed by atoms with Crippen LogP contribution in [0.4, 0.5) is 0 Å². The van der Waals surface area contributed by atoms with Crippen molar-refractivity contribution in [1.29, 1.82) is 0 Å². The molecule has 0 bridgehead atoms. The molecule has 0 atom stereocenters. The lowest BCUT2D eigenvalue weighted by Crippen LogP contribution is -2.34. The second-order valence-electron chi connectivity index (χ2n) is 5.74. The van der Waals surface area contributed by atoms with Crippen LogP contribution in [0.1, 0.15) is 37.0 Å². The third-order valence-electron chi connectivity index (χ3n) is 3.33. The number of amides is 1. The number of ether oxygens (including phenoxy) is 2. The molecule has 0 fully saturated rings. The van der Waals surface area contributed by atoms with Crippen LogP contribution in [0.3, 0.4) is 0 Å². The van der Waals surface area contributed by atoms with Crippen molar-refractivity contribution in [3.63, 3.8) is 0 Å². The first-order chi connectivity index (χ1) is 9.91. The van der Waals surface area contributed by atoms with Crippen LogP contribution in [-0.4, -0.2) is 32.0 Å². The number of halogens is 1. The third-order valence-corrected chi connectivity index (χ3v) is 3.89. The molecule has 1 amide bonds. The van der Waals surface area contributed by atoms with Gasteiger partial charge in [0.25, 0.3) is 5.91 Å². The van der Waals surface area contributed by atoms with Crippen molar-refractivity contribution in [2.24, 2.45) is 5.41 Å². The van der Waals surface area contributed by atoms with Crippen molar-refractivity contribution in [3.8, 4) is 11.5 Å². The summed E-state index contributed by atoms with van der Waals surface area (Å²) < 4.78 is 10.4. The van der Waals surface area contributed by atoms with E-state index in [-0.39, 0.29) is 11.3 Å². The molecule has 21 heavy (non-hydrogen) atoms. The number of rotatable bonds is 8. The maximum absolute atomic E-state index is 12.3. The van der Waals surface area contributed by atoms with Gasteiger partial charge in [-0.05, 0) is 30.4 Å². The normalized spacial score (nSPS) is 11.1. The van der Waals surface area contributed by atoms with Crippen molar-refractivity contribution in [1.82, 2.24) is 5.32 Å². The first kappa shape index (κ1) is 17.8. The van der Waals surface area contributed by atoms with Crippen LogP contribution in [0.2, 0.25) is 0 Å². The van der Waals surface area contributed by atoms with Gasteiger partial charge in [0.2, 0.25) is 0 Å². The SMILES string of the molecule is COc1cc(OC)cc(C(=O)NCC(C)(C)CCCBr)c1. The highest BCUT2D eigenvalue weighted by Crippen LogP contribution is 2.24. The van der Waals surface area contributed by atoms with Gasteiger partial charge in [0, 0.05) is 23.5 Å². The minimum absolute atomic E-state index is 0.0758. The van der Waals surface area contributed by atoms with Crippen LogP contribution in [0.5, 0.6) is 11.5 Å². The Bertz CT molecular complexity index is 452. The first-order valence-corrected chi connectivity index (χ1v) is 8.11. The lowest BCUT2D eigenvalue weighted by Gasteiger charge is -2.24. The van der Waals surface area contributed by atoms with Crippen molar-refractivity contribution in [3.05, 3.63) is 23.8 Å². The molecule has 1 aromatic rings. The molecule has 5 heteroatoms. The Hall–Kier alpha value is -1.23.